The zero-order chi connectivity index (χ0) is 24.2. The van der Waals surface area contributed by atoms with E-state index in [0.29, 0.717) is 18.7 Å². The molecule has 2 aromatic carbocycles. The summed E-state index contributed by atoms with van der Waals surface area (Å²) in [6.45, 7) is 4.47. The Morgan fingerprint density at radius 3 is 2.53 bits per heavy atom. The van der Waals surface area contributed by atoms with Crippen molar-refractivity contribution in [3.05, 3.63) is 82.7 Å². The van der Waals surface area contributed by atoms with Gasteiger partial charge in [-0.05, 0) is 50.6 Å². The van der Waals surface area contributed by atoms with Gasteiger partial charge in [-0.3, -0.25) is 9.59 Å². The number of alkyl halides is 3. The quantitative estimate of drug-likeness (QED) is 0.563. The average molecular weight is 468 g/mol. The predicted octanol–water partition coefficient (Wildman–Crippen LogP) is 4.63. The molecule has 3 heterocycles. The standard InChI is InChI=1S/C25H23F3N4O2/c1-15-21-16(2)31(24(34)22(21)32(29-15)19-9-4-3-5-10-19)20-11-12-30(14-20)23(33)17-7-6-8-18(13-17)25(26,27)28/h3-10,13,16,20H,11-12,14H2,1-2H3. The van der Waals surface area contributed by atoms with Crippen molar-refractivity contribution in [3.63, 3.8) is 0 Å². The van der Waals surface area contributed by atoms with E-state index < -0.39 is 17.6 Å². The van der Waals surface area contributed by atoms with Gasteiger partial charge in [-0.25, -0.2) is 4.68 Å². The number of rotatable bonds is 3. The van der Waals surface area contributed by atoms with Crippen molar-refractivity contribution in [2.75, 3.05) is 13.1 Å². The fourth-order valence-corrected chi connectivity index (χ4v) is 5.09. The highest BCUT2D eigenvalue weighted by atomic mass is 19.4. The van der Waals surface area contributed by atoms with Crippen LogP contribution in [0, 0.1) is 6.92 Å². The second kappa shape index (κ2) is 8.00. The number of hydrogen-bond acceptors (Lipinski definition) is 3. The molecule has 9 heteroatoms. The number of amides is 2. The summed E-state index contributed by atoms with van der Waals surface area (Å²) in [6.07, 6.45) is -3.96. The van der Waals surface area contributed by atoms with Gasteiger partial charge in [0.15, 0.2) is 0 Å². The summed E-state index contributed by atoms with van der Waals surface area (Å²) in [5, 5.41) is 4.59. The van der Waals surface area contributed by atoms with Crippen LogP contribution in [-0.2, 0) is 6.18 Å². The van der Waals surface area contributed by atoms with E-state index in [1.54, 1.807) is 9.58 Å². The molecule has 0 bridgehead atoms. The maximum absolute atomic E-state index is 13.5. The molecule has 1 fully saturated rings. The lowest BCUT2D eigenvalue weighted by Crippen LogP contribution is -2.41. The molecule has 5 rings (SSSR count). The SMILES string of the molecule is Cc1nn(-c2ccccc2)c2c1C(C)N(C1CCN(C(=O)c3cccc(C(F)(F)F)c3)C1)C2=O. The Bertz CT molecular complexity index is 1270. The van der Waals surface area contributed by atoms with Gasteiger partial charge >= 0.3 is 6.18 Å². The largest absolute Gasteiger partial charge is 0.416 e. The lowest BCUT2D eigenvalue weighted by Gasteiger charge is -2.29. The number of benzene rings is 2. The third kappa shape index (κ3) is 3.55. The van der Waals surface area contributed by atoms with Crippen molar-refractivity contribution in [1.82, 2.24) is 19.6 Å². The van der Waals surface area contributed by atoms with Crippen LogP contribution in [0.4, 0.5) is 13.2 Å². The Morgan fingerprint density at radius 1 is 1.09 bits per heavy atom. The molecule has 0 saturated carbocycles. The molecule has 2 amide bonds. The summed E-state index contributed by atoms with van der Waals surface area (Å²) in [7, 11) is 0. The smallest absolute Gasteiger partial charge is 0.337 e. The molecule has 0 N–H and O–H groups in total. The summed E-state index contributed by atoms with van der Waals surface area (Å²) >= 11 is 0. The van der Waals surface area contributed by atoms with Crippen LogP contribution in [0.5, 0.6) is 0 Å². The van der Waals surface area contributed by atoms with E-state index in [9.17, 15) is 22.8 Å². The van der Waals surface area contributed by atoms with E-state index in [1.165, 1.54) is 17.0 Å². The number of carbonyl (C=O) groups excluding carboxylic acids is 2. The molecule has 2 unspecified atom stereocenters. The predicted molar refractivity (Wildman–Crippen MR) is 119 cm³/mol. The zero-order valence-electron chi connectivity index (χ0n) is 18.7. The molecule has 0 spiro atoms. The average Bonchev–Trinajstić information content (AvgIpc) is 3.49. The highest BCUT2D eigenvalue weighted by Crippen LogP contribution is 2.40. The molecule has 1 saturated heterocycles. The first-order chi connectivity index (χ1) is 16.2. The van der Waals surface area contributed by atoms with Crippen molar-refractivity contribution in [3.8, 4) is 5.69 Å². The van der Waals surface area contributed by atoms with Crippen molar-refractivity contribution in [2.24, 2.45) is 0 Å². The van der Waals surface area contributed by atoms with Gasteiger partial charge < -0.3 is 9.80 Å². The summed E-state index contributed by atoms with van der Waals surface area (Å²) in [5.41, 5.74) is 2.11. The van der Waals surface area contributed by atoms with E-state index in [0.717, 1.165) is 29.1 Å². The van der Waals surface area contributed by atoms with Crippen LogP contribution in [0.25, 0.3) is 5.69 Å². The normalized spacial score (nSPS) is 20.2. The van der Waals surface area contributed by atoms with Gasteiger partial charge in [-0.2, -0.15) is 18.3 Å². The maximum atomic E-state index is 13.5. The van der Waals surface area contributed by atoms with Crippen LogP contribution in [0.15, 0.2) is 54.6 Å². The number of likely N-dealkylation sites (tertiary alicyclic amines) is 1. The van der Waals surface area contributed by atoms with Crippen LogP contribution in [0.3, 0.4) is 0 Å². The Morgan fingerprint density at radius 2 is 1.82 bits per heavy atom. The molecule has 2 aliphatic rings. The van der Waals surface area contributed by atoms with Gasteiger partial charge in [0.1, 0.15) is 5.69 Å². The molecule has 0 radical (unpaired) electrons. The van der Waals surface area contributed by atoms with Gasteiger partial charge in [-0.15, -0.1) is 0 Å². The Labute approximate surface area is 194 Å². The van der Waals surface area contributed by atoms with E-state index in [4.69, 9.17) is 0 Å². The van der Waals surface area contributed by atoms with E-state index in [-0.39, 0.29) is 30.1 Å². The first-order valence-electron chi connectivity index (χ1n) is 11.1. The topological polar surface area (TPSA) is 58.4 Å². The van der Waals surface area contributed by atoms with Gasteiger partial charge in [0.25, 0.3) is 11.8 Å². The summed E-state index contributed by atoms with van der Waals surface area (Å²) < 4.78 is 40.9. The van der Waals surface area contributed by atoms with Gasteiger partial charge in [0, 0.05) is 24.2 Å². The first kappa shape index (κ1) is 22.2. The maximum Gasteiger partial charge on any atom is 0.416 e. The number of halogens is 3. The minimum Gasteiger partial charge on any atom is -0.337 e. The van der Waals surface area contributed by atoms with E-state index >= 15 is 0 Å². The lowest BCUT2D eigenvalue weighted by atomic mass is 10.1. The molecule has 6 nitrogen and oxygen atoms in total. The van der Waals surface area contributed by atoms with Crippen molar-refractivity contribution >= 4 is 11.8 Å². The van der Waals surface area contributed by atoms with Gasteiger partial charge in [-0.1, -0.05) is 24.3 Å². The second-order valence-electron chi connectivity index (χ2n) is 8.76. The number of nitrogens with zero attached hydrogens (tertiary/aromatic N) is 4. The molecule has 176 valence electrons. The van der Waals surface area contributed by atoms with Crippen molar-refractivity contribution in [2.45, 2.75) is 38.5 Å². The first-order valence-corrected chi connectivity index (χ1v) is 11.1. The monoisotopic (exact) mass is 468 g/mol. The molecule has 2 aliphatic heterocycles. The molecule has 0 aliphatic carbocycles. The molecular formula is C25H23F3N4O2. The Hall–Kier alpha value is -3.62. The Balaban J connectivity index is 1.38. The van der Waals surface area contributed by atoms with E-state index in [2.05, 4.69) is 5.10 Å². The number of carbonyl (C=O) groups is 2. The number of fused-ring (bicyclic) bond motifs is 1. The highest BCUT2D eigenvalue weighted by molar-refractivity contribution is 5.99. The minimum atomic E-state index is -4.52. The third-order valence-electron chi connectivity index (χ3n) is 6.66. The van der Waals surface area contributed by atoms with Crippen molar-refractivity contribution in [1.29, 1.82) is 0 Å². The fourth-order valence-electron chi connectivity index (χ4n) is 5.09. The Kier molecular flexibility index (Phi) is 5.22. The second-order valence-corrected chi connectivity index (χ2v) is 8.76. The number of para-hydroxylation sites is 1. The minimum absolute atomic E-state index is 0.00452. The van der Waals surface area contributed by atoms with Crippen LogP contribution >= 0.6 is 0 Å². The summed E-state index contributed by atoms with van der Waals surface area (Å²) in [5.74, 6) is -0.609. The summed E-state index contributed by atoms with van der Waals surface area (Å²) in [6, 6.07) is 13.5. The third-order valence-corrected chi connectivity index (χ3v) is 6.66. The lowest BCUT2D eigenvalue weighted by molar-refractivity contribution is -0.137. The molecule has 3 aromatic rings. The van der Waals surface area contributed by atoms with Crippen LogP contribution < -0.4 is 0 Å². The molecule has 2 atom stereocenters. The van der Waals surface area contributed by atoms with Gasteiger partial charge in [0.2, 0.25) is 0 Å². The highest BCUT2D eigenvalue weighted by Gasteiger charge is 2.45. The number of aryl methyl sites for hydroxylation is 1. The zero-order valence-corrected chi connectivity index (χ0v) is 18.7. The van der Waals surface area contributed by atoms with Crippen LogP contribution in [-0.4, -0.2) is 50.5 Å². The molecule has 34 heavy (non-hydrogen) atoms. The van der Waals surface area contributed by atoms with E-state index in [1.807, 2.05) is 44.2 Å². The summed E-state index contributed by atoms with van der Waals surface area (Å²) in [4.78, 5) is 29.8. The fraction of sp³-hybridized carbons (Fsp3) is 0.320. The molecule has 1 aromatic heterocycles. The number of aromatic nitrogens is 2. The molecular weight excluding hydrogens is 445 g/mol. The van der Waals surface area contributed by atoms with Crippen LogP contribution in [0.1, 0.15) is 57.1 Å². The van der Waals surface area contributed by atoms with Crippen LogP contribution in [0.2, 0.25) is 0 Å². The van der Waals surface area contributed by atoms with Gasteiger partial charge in [0.05, 0.1) is 29.0 Å². The number of hydrogen-bond donors (Lipinski definition) is 0. The van der Waals surface area contributed by atoms with Crippen molar-refractivity contribution < 1.29 is 22.8 Å².